The van der Waals surface area contributed by atoms with Crippen molar-refractivity contribution >= 4 is 10.9 Å². The van der Waals surface area contributed by atoms with Crippen LogP contribution in [-0.4, -0.2) is 16.8 Å². The number of para-hydroxylation sites is 1. The third-order valence-electron chi connectivity index (χ3n) is 3.50. The summed E-state index contributed by atoms with van der Waals surface area (Å²) in [6.45, 7) is 0.438. The van der Waals surface area contributed by atoms with Crippen LogP contribution >= 0.6 is 0 Å². The maximum absolute atomic E-state index is 9.94. The molecule has 0 saturated carbocycles. The second-order valence-corrected chi connectivity index (χ2v) is 4.91. The van der Waals surface area contributed by atoms with Crippen LogP contribution in [0.1, 0.15) is 5.56 Å². The van der Waals surface area contributed by atoms with E-state index < -0.39 is 0 Å². The maximum atomic E-state index is 9.94. The summed E-state index contributed by atoms with van der Waals surface area (Å²) in [6, 6.07) is 13.0. The van der Waals surface area contributed by atoms with E-state index in [2.05, 4.69) is 0 Å². The van der Waals surface area contributed by atoms with Crippen molar-refractivity contribution in [1.82, 2.24) is 4.57 Å². The van der Waals surface area contributed by atoms with Gasteiger partial charge in [-0.25, -0.2) is 0 Å². The summed E-state index contributed by atoms with van der Waals surface area (Å²) in [5.41, 5.74) is 1.85. The molecule has 4 nitrogen and oxygen atoms in total. The Morgan fingerprint density at radius 1 is 1.10 bits per heavy atom. The van der Waals surface area contributed by atoms with Crippen LogP contribution in [0.3, 0.4) is 0 Å². The Morgan fingerprint density at radius 2 is 1.86 bits per heavy atom. The molecule has 0 aliphatic carbocycles. The van der Waals surface area contributed by atoms with Crippen LogP contribution in [0.2, 0.25) is 0 Å². The zero-order valence-corrected chi connectivity index (χ0v) is 12.0. The van der Waals surface area contributed by atoms with E-state index >= 15 is 0 Å². The molecule has 0 saturated heterocycles. The predicted octanol–water partition coefficient (Wildman–Crippen LogP) is 3.47. The van der Waals surface area contributed by atoms with Crippen molar-refractivity contribution in [1.29, 1.82) is 0 Å². The van der Waals surface area contributed by atoms with Gasteiger partial charge < -0.3 is 19.1 Å². The van der Waals surface area contributed by atoms with Crippen LogP contribution in [0.25, 0.3) is 10.9 Å². The number of aryl methyl sites for hydroxylation is 1. The zero-order valence-electron chi connectivity index (χ0n) is 12.0. The van der Waals surface area contributed by atoms with Crippen molar-refractivity contribution in [3.05, 3.63) is 54.2 Å². The lowest BCUT2D eigenvalue weighted by molar-refractivity contribution is 0.305. The van der Waals surface area contributed by atoms with E-state index in [9.17, 15) is 5.11 Å². The summed E-state index contributed by atoms with van der Waals surface area (Å²) in [5, 5.41) is 10.9. The van der Waals surface area contributed by atoms with Crippen molar-refractivity contribution in [2.24, 2.45) is 7.05 Å². The highest BCUT2D eigenvalue weighted by molar-refractivity contribution is 5.88. The number of phenolic OH excluding ortho intramolecular Hbond substituents is 1. The van der Waals surface area contributed by atoms with Gasteiger partial charge in [-0.2, -0.15) is 0 Å². The number of ether oxygens (including phenoxy) is 2. The number of aromatic nitrogens is 1. The van der Waals surface area contributed by atoms with Gasteiger partial charge >= 0.3 is 0 Å². The summed E-state index contributed by atoms with van der Waals surface area (Å²) in [4.78, 5) is 0. The molecule has 3 aromatic rings. The summed E-state index contributed by atoms with van der Waals surface area (Å²) >= 11 is 0. The fourth-order valence-corrected chi connectivity index (χ4v) is 2.50. The zero-order chi connectivity index (χ0) is 14.8. The number of rotatable bonds is 4. The van der Waals surface area contributed by atoms with E-state index in [0.717, 1.165) is 28.0 Å². The first-order valence-corrected chi connectivity index (χ1v) is 6.72. The summed E-state index contributed by atoms with van der Waals surface area (Å²) in [7, 11) is 3.55. The van der Waals surface area contributed by atoms with E-state index in [1.54, 1.807) is 13.2 Å². The highest BCUT2D eigenvalue weighted by Gasteiger charge is 2.10. The Labute approximate surface area is 123 Å². The Kier molecular flexibility index (Phi) is 3.44. The fourth-order valence-electron chi connectivity index (χ4n) is 2.50. The molecule has 3 rings (SSSR count). The topological polar surface area (TPSA) is 43.6 Å². The van der Waals surface area contributed by atoms with E-state index in [1.165, 1.54) is 0 Å². The van der Waals surface area contributed by atoms with Crippen LogP contribution < -0.4 is 9.47 Å². The van der Waals surface area contributed by atoms with Gasteiger partial charge in [-0.1, -0.05) is 18.2 Å². The van der Waals surface area contributed by atoms with Crippen LogP contribution in [0.4, 0.5) is 0 Å². The Balaban J connectivity index is 1.87. The lowest BCUT2D eigenvalue weighted by atomic mass is 10.2. The lowest BCUT2D eigenvalue weighted by Crippen LogP contribution is -1.95. The molecule has 4 heteroatoms. The Bertz CT molecular complexity index is 777. The van der Waals surface area contributed by atoms with Crippen molar-refractivity contribution < 1.29 is 14.6 Å². The first-order chi connectivity index (χ1) is 10.2. The summed E-state index contributed by atoms with van der Waals surface area (Å²) in [5.74, 6) is 1.80. The van der Waals surface area contributed by atoms with Crippen molar-refractivity contribution in [2.45, 2.75) is 6.61 Å². The predicted molar refractivity (Wildman–Crippen MR) is 81.9 cm³/mol. The monoisotopic (exact) mass is 283 g/mol. The van der Waals surface area contributed by atoms with Gasteiger partial charge in [0.25, 0.3) is 0 Å². The Hall–Kier alpha value is -2.62. The third kappa shape index (κ3) is 2.52. The van der Waals surface area contributed by atoms with Crippen LogP contribution in [0.15, 0.2) is 48.7 Å². The fraction of sp³-hybridized carbons (Fsp3) is 0.176. The largest absolute Gasteiger partial charge is 0.506 e. The van der Waals surface area contributed by atoms with Gasteiger partial charge in [0.1, 0.15) is 23.9 Å². The van der Waals surface area contributed by atoms with E-state index in [-0.39, 0.29) is 5.75 Å². The van der Waals surface area contributed by atoms with Gasteiger partial charge in [0, 0.05) is 30.3 Å². The standard InChI is InChI=1S/C17H17NO3/c1-18-10-12(15-7-4-8-16(19)17(15)18)11-21-14-6-3-5-13(9-14)20-2/h3-10,19H,11H2,1-2H3. The van der Waals surface area contributed by atoms with Crippen molar-refractivity contribution in [2.75, 3.05) is 7.11 Å². The highest BCUT2D eigenvalue weighted by atomic mass is 16.5. The molecule has 1 heterocycles. The molecule has 108 valence electrons. The van der Waals surface area contributed by atoms with Gasteiger partial charge in [-0.15, -0.1) is 0 Å². The molecule has 0 spiro atoms. The maximum Gasteiger partial charge on any atom is 0.139 e. The molecule has 0 amide bonds. The molecule has 0 fully saturated rings. The van der Waals surface area contributed by atoms with E-state index in [4.69, 9.17) is 9.47 Å². The number of nitrogens with zero attached hydrogens (tertiary/aromatic N) is 1. The highest BCUT2D eigenvalue weighted by Crippen LogP contribution is 2.29. The first-order valence-electron chi connectivity index (χ1n) is 6.72. The molecule has 1 aromatic heterocycles. The minimum Gasteiger partial charge on any atom is -0.506 e. The number of methoxy groups -OCH3 is 1. The summed E-state index contributed by atoms with van der Waals surface area (Å²) in [6.07, 6.45) is 1.98. The normalized spacial score (nSPS) is 10.8. The molecular weight excluding hydrogens is 266 g/mol. The minimum atomic E-state index is 0.280. The molecule has 2 aromatic carbocycles. The van der Waals surface area contributed by atoms with Crippen LogP contribution in [-0.2, 0) is 13.7 Å². The summed E-state index contributed by atoms with van der Waals surface area (Å²) < 4.78 is 12.9. The smallest absolute Gasteiger partial charge is 0.139 e. The van der Waals surface area contributed by atoms with Gasteiger partial charge in [0.05, 0.1) is 12.6 Å². The second-order valence-electron chi connectivity index (χ2n) is 4.91. The average molecular weight is 283 g/mol. The Morgan fingerprint density at radius 3 is 2.67 bits per heavy atom. The number of hydrogen-bond acceptors (Lipinski definition) is 3. The van der Waals surface area contributed by atoms with Crippen molar-refractivity contribution in [3.63, 3.8) is 0 Å². The van der Waals surface area contributed by atoms with Gasteiger partial charge in [0.15, 0.2) is 0 Å². The molecule has 0 aliphatic rings. The molecule has 0 unspecified atom stereocenters. The van der Waals surface area contributed by atoms with E-state index in [0.29, 0.717) is 6.61 Å². The number of phenols is 1. The molecule has 0 aliphatic heterocycles. The lowest BCUT2D eigenvalue weighted by Gasteiger charge is -2.07. The number of benzene rings is 2. The van der Waals surface area contributed by atoms with Crippen LogP contribution in [0, 0.1) is 0 Å². The molecule has 0 radical (unpaired) electrons. The van der Waals surface area contributed by atoms with Gasteiger partial charge in [-0.3, -0.25) is 0 Å². The third-order valence-corrected chi connectivity index (χ3v) is 3.50. The van der Waals surface area contributed by atoms with Crippen molar-refractivity contribution in [3.8, 4) is 17.2 Å². The number of aromatic hydroxyl groups is 1. The first kappa shape index (κ1) is 13.4. The second kappa shape index (κ2) is 5.40. The number of fused-ring (bicyclic) bond motifs is 1. The molecule has 0 atom stereocenters. The van der Waals surface area contributed by atoms with Gasteiger partial charge in [-0.05, 0) is 18.2 Å². The van der Waals surface area contributed by atoms with Gasteiger partial charge in [0.2, 0.25) is 0 Å². The molecule has 0 bridgehead atoms. The quantitative estimate of drug-likeness (QED) is 0.797. The molecule has 21 heavy (non-hydrogen) atoms. The average Bonchev–Trinajstić information content (AvgIpc) is 2.83. The molecular formula is C17H17NO3. The minimum absolute atomic E-state index is 0.280. The molecule has 1 N–H and O–H groups in total. The SMILES string of the molecule is COc1cccc(OCc2cn(C)c3c(O)cccc23)c1. The number of hydrogen-bond donors (Lipinski definition) is 1. The van der Waals surface area contributed by atoms with E-state index in [1.807, 2.05) is 54.2 Å². The van der Waals surface area contributed by atoms with Crippen LogP contribution in [0.5, 0.6) is 17.2 Å².